The number of benzene rings is 6. The van der Waals surface area contributed by atoms with Gasteiger partial charge in [0.2, 0.25) is 0 Å². The summed E-state index contributed by atoms with van der Waals surface area (Å²) in [5.74, 6) is 0. The van der Waals surface area contributed by atoms with E-state index < -0.39 is 0 Å². The first-order valence-electron chi connectivity index (χ1n) is 17.5. The van der Waals surface area contributed by atoms with Gasteiger partial charge in [-0.05, 0) is 110 Å². The fourth-order valence-corrected chi connectivity index (χ4v) is 6.32. The third kappa shape index (κ3) is 7.77. The molecule has 0 amide bonds. The molecule has 0 radical (unpaired) electrons. The number of rotatable bonds is 10. The maximum Gasteiger partial charge on any atom is 0.0536 e. The van der Waals surface area contributed by atoms with E-state index in [9.17, 15) is 0 Å². The van der Waals surface area contributed by atoms with Gasteiger partial charge >= 0.3 is 0 Å². The zero-order valence-electron chi connectivity index (χ0n) is 29.8. The van der Waals surface area contributed by atoms with Gasteiger partial charge in [0, 0.05) is 33.9 Å². The topological polar surface area (TPSA) is 6.48 Å². The van der Waals surface area contributed by atoms with Crippen molar-refractivity contribution in [3.05, 3.63) is 180 Å². The van der Waals surface area contributed by atoms with Gasteiger partial charge in [0.1, 0.15) is 0 Å². The number of anilines is 6. The molecule has 0 saturated carbocycles. The van der Waals surface area contributed by atoms with E-state index in [0.717, 1.165) is 34.9 Å². The monoisotopic (exact) mass is 640 g/mol. The molecule has 2 nitrogen and oxygen atoms in total. The molecular weight excluding hydrogens is 593 g/mol. The Morgan fingerprint density at radius 3 is 1.31 bits per heavy atom. The molecule has 0 aliphatic heterocycles. The Balaban J connectivity index is 0.00000230. The predicted molar refractivity (Wildman–Crippen MR) is 216 cm³/mol. The lowest BCUT2D eigenvalue weighted by molar-refractivity contribution is 1.12. The second-order valence-electron chi connectivity index (χ2n) is 11.6. The number of nitrogens with zero attached hydrogens (tertiary/aromatic N) is 2. The smallest absolute Gasteiger partial charge is 0.0536 e. The van der Waals surface area contributed by atoms with Crippen LogP contribution in [0.3, 0.4) is 0 Å². The summed E-state index contributed by atoms with van der Waals surface area (Å²) in [4.78, 5) is 4.71. The summed E-state index contributed by atoms with van der Waals surface area (Å²) in [6.07, 6.45) is 9.66. The van der Waals surface area contributed by atoms with Gasteiger partial charge in [-0.15, -0.1) is 0 Å². The normalized spacial score (nSPS) is 11.0. The maximum atomic E-state index is 2.36. The summed E-state index contributed by atoms with van der Waals surface area (Å²) in [6, 6.07) is 52.3. The van der Waals surface area contributed by atoms with Crippen LogP contribution in [0.4, 0.5) is 34.1 Å². The van der Waals surface area contributed by atoms with Crippen molar-refractivity contribution in [2.45, 2.75) is 48.0 Å². The molecule has 246 valence electrons. The molecule has 6 aromatic carbocycles. The number of allylic oxidation sites excluding steroid dienone is 2. The van der Waals surface area contributed by atoms with Crippen LogP contribution in [0.5, 0.6) is 0 Å². The van der Waals surface area contributed by atoms with Crippen molar-refractivity contribution in [2.75, 3.05) is 9.80 Å². The molecule has 6 aromatic rings. The first-order valence-corrected chi connectivity index (χ1v) is 17.5. The molecule has 2 heteroatoms. The van der Waals surface area contributed by atoms with Crippen molar-refractivity contribution in [2.24, 2.45) is 0 Å². The molecule has 49 heavy (non-hydrogen) atoms. The molecule has 0 aliphatic rings. The zero-order chi connectivity index (χ0) is 34.6. The van der Waals surface area contributed by atoms with Crippen LogP contribution in [-0.4, -0.2) is 0 Å². The Hall–Kier alpha value is -5.60. The van der Waals surface area contributed by atoms with Crippen molar-refractivity contribution in [1.82, 2.24) is 0 Å². The number of hydrogen-bond donors (Lipinski definition) is 0. The Morgan fingerprint density at radius 1 is 0.449 bits per heavy atom. The van der Waals surface area contributed by atoms with Crippen LogP contribution >= 0.6 is 0 Å². The zero-order valence-corrected chi connectivity index (χ0v) is 29.8. The highest BCUT2D eigenvalue weighted by atomic mass is 15.1. The Labute approximate surface area is 294 Å². The molecule has 0 aromatic heterocycles. The van der Waals surface area contributed by atoms with Gasteiger partial charge in [0.25, 0.3) is 0 Å². The number of para-hydroxylation sites is 2. The largest absolute Gasteiger partial charge is 0.310 e. The van der Waals surface area contributed by atoms with Crippen molar-refractivity contribution < 1.29 is 0 Å². The molecule has 0 heterocycles. The van der Waals surface area contributed by atoms with Crippen LogP contribution in [0.15, 0.2) is 158 Å². The summed E-state index contributed by atoms with van der Waals surface area (Å²) >= 11 is 0. The third-order valence-electron chi connectivity index (χ3n) is 8.62. The maximum absolute atomic E-state index is 2.36. The van der Waals surface area contributed by atoms with E-state index in [-0.39, 0.29) is 0 Å². The quantitative estimate of drug-likeness (QED) is 0.147. The fraction of sp³-hybridized carbons (Fsp3) is 0.149. The van der Waals surface area contributed by atoms with Crippen LogP contribution in [0.2, 0.25) is 0 Å². The standard InChI is InChI=1S/C45H42N2.C2H6/c1-5-16-42-34(4)18-14-24-44(42)46(38-20-10-8-11-21-38)40-30-26-36(27-31-40)37-28-32-41(33-29-37)47(39-22-12-9-13-23-39)45-25-15-19-35(7-3)43(45)17-6-2;1-2/h5-6,8-33H,7H2,1-4H3;1-2H3/b16-5-,17-6-;. The number of hydrogen-bond acceptors (Lipinski definition) is 2. The highest BCUT2D eigenvalue weighted by Crippen LogP contribution is 2.41. The Bertz CT molecular complexity index is 1970. The minimum Gasteiger partial charge on any atom is -0.310 e. The SMILES string of the molecule is C/C=C\c1c(C)cccc1N(c1ccccc1)c1ccc(-c2ccc(N(c3ccccc3)c3cccc(CC)c3/C=C\C)cc2)cc1.CC. The van der Waals surface area contributed by atoms with Crippen LogP contribution in [0.25, 0.3) is 23.3 Å². The highest BCUT2D eigenvalue weighted by Gasteiger charge is 2.18. The van der Waals surface area contributed by atoms with Gasteiger partial charge < -0.3 is 9.80 Å². The molecule has 6 rings (SSSR count). The molecule has 0 unspecified atom stereocenters. The van der Waals surface area contributed by atoms with Crippen LogP contribution in [0, 0.1) is 6.92 Å². The summed E-state index contributed by atoms with van der Waals surface area (Å²) in [6.45, 7) is 12.6. The second-order valence-corrected chi connectivity index (χ2v) is 11.6. The van der Waals surface area contributed by atoms with E-state index in [2.05, 4.69) is 207 Å². The lowest BCUT2D eigenvalue weighted by Crippen LogP contribution is -2.12. The van der Waals surface area contributed by atoms with E-state index in [4.69, 9.17) is 0 Å². The van der Waals surface area contributed by atoms with Gasteiger partial charge in [-0.2, -0.15) is 0 Å². The molecule has 0 spiro atoms. The van der Waals surface area contributed by atoms with Crippen molar-refractivity contribution in [1.29, 1.82) is 0 Å². The average molecular weight is 641 g/mol. The summed E-state index contributed by atoms with van der Waals surface area (Å²) in [5.41, 5.74) is 14.3. The third-order valence-corrected chi connectivity index (χ3v) is 8.62. The minimum atomic E-state index is 0.979. The van der Waals surface area contributed by atoms with Crippen molar-refractivity contribution in [3.63, 3.8) is 0 Å². The molecule has 0 saturated heterocycles. The Morgan fingerprint density at radius 2 is 0.857 bits per heavy atom. The van der Waals surface area contributed by atoms with Crippen molar-refractivity contribution >= 4 is 46.3 Å². The van der Waals surface area contributed by atoms with Crippen molar-refractivity contribution in [3.8, 4) is 11.1 Å². The molecule has 0 atom stereocenters. The average Bonchev–Trinajstić information content (AvgIpc) is 3.16. The van der Waals surface area contributed by atoms with E-state index in [1.165, 1.54) is 39.1 Å². The van der Waals surface area contributed by atoms with Gasteiger partial charge in [0.15, 0.2) is 0 Å². The molecular formula is C47H48N2. The van der Waals surface area contributed by atoms with E-state index in [0.29, 0.717) is 0 Å². The first-order chi connectivity index (χ1) is 24.1. The van der Waals surface area contributed by atoms with Gasteiger partial charge in [0.05, 0.1) is 11.4 Å². The predicted octanol–water partition coefficient (Wildman–Crippen LogP) is 14.3. The minimum absolute atomic E-state index is 0.979. The van der Waals surface area contributed by atoms with Crippen LogP contribution < -0.4 is 9.80 Å². The van der Waals surface area contributed by atoms with Gasteiger partial charge in [-0.1, -0.05) is 130 Å². The lowest BCUT2D eigenvalue weighted by Gasteiger charge is -2.28. The van der Waals surface area contributed by atoms with Crippen LogP contribution in [-0.2, 0) is 6.42 Å². The van der Waals surface area contributed by atoms with E-state index >= 15 is 0 Å². The summed E-state index contributed by atoms with van der Waals surface area (Å²) < 4.78 is 0. The molecule has 0 bridgehead atoms. The molecule has 0 aliphatic carbocycles. The number of aryl methyl sites for hydroxylation is 2. The second kappa shape index (κ2) is 17.0. The first kappa shape index (κ1) is 34.7. The van der Waals surface area contributed by atoms with E-state index in [1.807, 2.05) is 13.8 Å². The fourth-order valence-electron chi connectivity index (χ4n) is 6.32. The lowest BCUT2D eigenvalue weighted by atomic mass is 10.00. The Kier molecular flexibility index (Phi) is 12.0. The van der Waals surface area contributed by atoms with E-state index in [1.54, 1.807) is 0 Å². The van der Waals surface area contributed by atoms with Gasteiger partial charge in [-0.3, -0.25) is 0 Å². The molecule has 0 N–H and O–H groups in total. The van der Waals surface area contributed by atoms with Gasteiger partial charge in [-0.25, -0.2) is 0 Å². The highest BCUT2D eigenvalue weighted by molar-refractivity contribution is 5.86. The molecule has 0 fully saturated rings. The summed E-state index contributed by atoms with van der Waals surface area (Å²) in [7, 11) is 0. The summed E-state index contributed by atoms with van der Waals surface area (Å²) in [5, 5.41) is 0. The van der Waals surface area contributed by atoms with Crippen LogP contribution in [0.1, 0.15) is 56.9 Å².